The quantitative estimate of drug-likeness (QED) is 0.401. The van der Waals surface area contributed by atoms with Crippen LogP contribution in [0.5, 0.6) is 0 Å². The molecule has 2 fully saturated rings. The third-order valence-electron chi connectivity index (χ3n) is 3.23. The molecule has 0 aromatic heterocycles. The standard InChI is InChI=1S/C12H22N4O/c1-16(10-6-7-10)12(13)14-8-2-3-11(17)15-9-4-5-9/h9-10H,2-8H2,1H3,(H2,13,14)(H,15,17). The number of carbonyl (C=O) groups excluding carboxylic acids is 1. The largest absolute Gasteiger partial charge is 0.370 e. The summed E-state index contributed by atoms with van der Waals surface area (Å²) >= 11 is 0. The van der Waals surface area contributed by atoms with Crippen LogP contribution in [0.4, 0.5) is 0 Å². The molecule has 0 unspecified atom stereocenters. The number of aliphatic imine (C=N–C) groups is 1. The number of hydrogen-bond donors (Lipinski definition) is 2. The first kappa shape index (κ1) is 12.2. The molecule has 0 heterocycles. The molecule has 0 saturated heterocycles. The summed E-state index contributed by atoms with van der Waals surface area (Å²) in [6, 6.07) is 1.05. The number of rotatable bonds is 6. The minimum Gasteiger partial charge on any atom is -0.370 e. The van der Waals surface area contributed by atoms with Gasteiger partial charge in [-0.05, 0) is 32.1 Å². The molecule has 0 aliphatic heterocycles. The molecule has 0 radical (unpaired) electrons. The lowest BCUT2D eigenvalue weighted by atomic mass is 10.3. The van der Waals surface area contributed by atoms with Crippen LogP contribution in [0.2, 0.25) is 0 Å². The molecule has 0 aromatic carbocycles. The topological polar surface area (TPSA) is 70.7 Å². The van der Waals surface area contributed by atoms with Crippen molar-refractivity contribution < 1.29 is 4.79 Å². The van der Waals surface area contributed by atoms with E-state index in [1.54, 1.807) is 0 Å². The molecule has 2 aliphatic carbocycles. The van der Waals surface area contributed by atoms with Crippen LogP contribution in [0.25, 0.3) is 0 Å². The predicted molar refractivity (Wildman–Crippen MR) is 67.7 cm³/mol. The number of nitrogens with two attached hydrogens (primary N) is 1. The molecule has 5 nitrogen and oxygen atoms in total. The third kappa shape index (κ3) is 4.24. The molecular formula is C12H22N4O. The van der Waals surface area contributed by atoms with E-state index in [0.717, 1.165) is 19.3 Å². The van der Waals surface area contributed by atoms with Gasteiger partial charge in [0.15, 0.2) is 5.96 Å². The first-order chi connectivity index (χ1) is 8.16. The summed E-state index contributed by atoms with van der Waals surface area (Å²) in [6.45, 7) is 0.640. The van der Waals surface area contributed by atoms with Gasteiger partial charge in [0.2, 0.25) is 5.91 Å². The number of nitrogens with zero attached hydrogens (tertiary/aromatic N) is 2. The van der Waals surface area contributed by atoms with Crippen molar-refractivity contribution in [1.82, 2.24) is 10.2 Å². The van der Waals surface area contributed by atoms with E-state index in [1.807, 2.05) is 11.9 Å². The van der Waals surface area contributed by atoms with E-state index in [-0.39, 0.29) is 5.91 Å². The molecule has 0 spiro atoms. The Kier molecular flexibility index (Phi) is 3.86. The number of carbonyl (C=O) groups is 1. The molecule has 2 aliphatic rings. The summed E-state index contributed by atoms with van der Waals surface area (Å²) < 4.78 is 0. The Morgan fingerprint density at radius 2 is 2.12 bits per heavy atom. The van der Waals surface area contributed by atoms with E-state index in [2.05, 4.69) is 10.3 Å². The van der Waals surface area contributed by atoms with E-state index >= 15 is 0 Å². The molecule has 3 N–H and O–H groups in total. The Labute approximate surface area is 102 Å². The van der Waals surface area contributed by atoms with Gasteiger partial charge in [0.05, 0.1) is 0 Å². The summed E-state index contributed by atoms with van der Waals surface area (Å²) in [6.07, 6.45) is 6.05. The van der Waals surface area contributed by atoms with Crippen molar-refractivity contribution in [3.63, 3.8) is 0 Å². The smallest absolute Gasteiger partial charge is 0.220 e. The highest BCUT2D eigenvalue weighted by molar-refractivity contribution is 5.78. The van der Waals surface area contributed by atoms with Gasteiger partial charge in [-0.25, -0.2) is 0 Å². The lowest BCUT2D eigenvalue weighted by Gasteiger charge is -2.16. The van der Waals surface area contributed by atoms with Crippen molar-refractivity contribution in [3.05, 3.63) is 0 Å². The molecule has 2 rings (SSSR count). The zero-order valence-electron chi connectivity index (χ0n) is 10.5. The van der Waals surface area contributed by atoms with Gasteiger partial charge in [-0.15, -0.1) is 0 Å². The molecular weight excluding hydrogens is 216 g/mol. The molecule has 0 bridgehead atoms. The van der Waals surface area contributed by atoms with Crippen molar-refractivity contribution in [1.29, 1.82) is 0 Å². The van der Waals surface area contributed by atoms with Crippen LogP contribution in [-0.4, -0.2) is 42.4 Å². The van der Waals surface area contributed by atoms with E-state index in [9.17, 15) is 4.79 Å². The molecule has 96 valence electrons. The Morgan fingerprint density at radius 3 is 2.71 bits per heavy atom. The second kappa shape index (κ2) is 5.38. The molecule has 2 saturated carbocycles. The van der Waals surface area contributed by atoms with Crippen LogP contribution >= 0.6 is 0 Å². The average molecular weight is 238 g/mol. The van der Waals surface area contributed by atoms with E-state index in [0.29, 0.717) is 31.0 Å². The second-order valence-electron chi connectivity index (χ2n) is 5.03. The Balaban J connectivity index is 1.57. The van der Waals surface area contributed by atoms with E-state index in [1.165, 1.54) is 12.8 Å². The molecule has 0 aromatic rings. The zero-order valence-corrected chi connectivity index (χ0v) is 10.5. The summed E-state index contributed by atoms with van der Waals surface area (Å²) in [5.74, 6) is 0.756. The fourth-order valence-electron chi connectivity index (χ4n) is 1.72. The lowest BCUT2D eigenvalue weighted by molar-refractivity contribution is -0.121. The van der Waals surface area contributed by atoms with Crippen LogP contribution in [0.15, 0.2) is 4.99 Å². The highest BCUT2D eigenvalue weighted by Gasteiger charge is 2.27. The predicted octanol–water partition coefficient (Wildman–Crippen LogP) is 0.454. The van der Waals surface area contributed by atoms with Gasteiger partial charge in [0.25, 0.3) is 0 Å². The minimum absolute atomic E-state index is 0.150. The van der Waals surface area contributed by atoms with E-state index in [4.69, 9.17) is 5.73 Å². The maximum atomic E-state index is 11.4. The Hall–Kier alpha value is -1.26. The van der Waals surface area contributed by atoms with Gasteiger partial charge in [0.1, 0.15) is 0 Å². The molecule has 0 atom stereocenters. The van der Waals surface area contributed by atoms with Crippen molar-refractivity contribution in [3.8, 4) is 0 Å². The fourth-order valence-corrected chi connectivity index (χ4v) is 1.72. The van der Waals surface area contributed by atoms with Gasteiger partial charge in [-0.1, -0.05) is 0 Å². The normalized spacial score (nSPS) is 20.2. The van der Waals surface area contributed by atoms with Crippen molar-refractivity contribution in [2.24, 2.45) is 10.7 Å². The van der Waals surface area contributed by atoms with Crippen molar-refractivity contribution in [2.45, 2.75) is 50.6 Å². The third-order valence-corrected chi connectivity index (χ3v) is 3.23. The number of amides is 1. The van der Waals surface area contributed by atoms with Crippen LogP contribution in [0, 0.1) is 0 Å². The first-order valence-electron chi connectivity index (χ1n) is 6.49. The zero-order chi connectivity index (χ0) is 12.3. The minimum atomic E-state index is 0.150. The van der Waals surface area contributed by atoms with Gasteiger partial charge in [0, 0.05) is 32.1 Å². The van der Waals surface area contributed by atoms with E-state index < -0.39 is 0 Å². The molecule has 1 amide bonds. The average Bonchev–Trinajstić information content (AvgIpc) is 3.14. The Morgan fingerprint density at radius 1 is 1.41 bits per heavy atom. The van der Waals surface area contributed by atoms with Crippen LogP contribution in [-0.2, 0) is 4.79 Å². The number of nitrogens with one attached hydrogen (secondary N) is 1. The van der Waals surface area contributed by atoms with Crippen LogP contribution < -0.4 is 11.1 Å². The summed E-state index contributed by atoms with van der Waals surface area (Å²) in [7, 11) is 1.98. The van der Waals surface area contributed by atoms with Gasteiger partial charge in [-0.3, -0.25) is 9.79 Å². The first-order valence-corrected chi connectivity index (χ1v) is 6.49. The highest BCUT2D eigenvalue weighted by Crippen LogP contribution is 2.24. The molecule has 5 heteroatoms. The van der Waals surface area contributed by atoms with Gasteiger partial charge < -0.3 is 16.0 Å². The fraction of sp³-hybridized carbons (Fsp3) is 0.833. The summed E-state index contributed by atoms with van der Waals surface area (Å²) in [4.78, 5) is 17.7. The van der Waals surface area contributed by atoms with Crippen LogP contribution in [0.3, 0.4) is 0 Å². The highest BCUT2D eigenvalue weighted by atomic mass is 16.1. The monoisotopic (exact) mass is 238 g/mol. The SMILES string of the molecule is CN(C(N)=NCCCC(=O)NC1CC1)C1CC1. The lowest BCUT2D eigenvalue weighted by Crippen LogP contribution is -2.35. The van der Waals surface area contributed by atoms with Gasteiger partial charge in [-0.2, -0.15) is 0 Å². The maximum absolute atomic E-state index is 11.4. The second-order valence-corrected chi connectivity index (χ2v) is 5.03. The summed E-state index contributed by atoms with van der Waals surface area (Å²) in [5.41, 5.74) is 5.84. The van der Waals surface area contributed by atoms with Crippen molar-refractivity contribution >= 4 is 11.9 Å². The van der Waals surface area contributed by atoms with Crippen LogP contribution in [0.1, 0.15) is 38.5 Å². The Bertz CT molecular complexity index is 308. The number of hydrogen-bond acceptors (Lipinski definition) is 2. The van der Waals surface area contributed by atoms with Crippen molar-refractivity contribution in [2.75, 3.05) is 13.6 Å². The maximum Gasteiger partial charge on any atom is 0.220 e. The number of guanidine groups is 1. The summed E-state index contributed by atoms with van der Waals surface area (Å²) in [5, 5.41) is 2.96. The van der Waals surface area contributed by atoms with Gasteiger partial charge >= 0.3 is 0 Å². The molecule has 17 heavy (non-hydrogen) atoms.